The first-order chi connectivity index (χ1) is 18.5. The van der Waals surface area contributed by atoms with Crippen molar-refractivity contribution in [3.8, 4) is 0 Å². The summed E-state index contributed by atoms with van der Waals surface area (Å²) in [5, 5.41) is 3.19. The number of carbonyl (C=O) groups excluding carboxylic acids is 1. The molecule has 0 unspecified atom stereocenters. The maximum Gasteiger partial charge on any atom is 0.220 e. The van der Waals surface area contributed by atoms with Gasteiger partial charge in [-0.3, -0.25) is 19.2 Å². The third kappa shape index (κ3) is 6.91. The number of amides is 1. The minimum Gasteiger partial charge on any atom is -0.355 e. The van der Waals surface area contributed by atoms with Crippen molar-refractivity contribution in [1.82, 2.24) is 34.6 Å². The number of imidazole rings is 1. The molecule has 4 rings (SSSR count). The highest BCUT2D eigenvalue weighted by Crippen LogP contribution is 2.33. The van der Waals surface area contributed by atoms with Gasteiger partial charge in [0.2, 0.25) is 5.91 Å². The fraction of sp³-hybridized carbons (Fsp3) is 0.567. The highest BCUT2D eigenvalue weighted by Gasteiger charge is 2.27. The van der Waals surface area contributed by atoms with Gasteiger partial charge in [0.25, 0.3) is 0 Å². The molecule has 1 aliphatic heterocycles. The Kier molecular flexibility index (Phi) is 10.1. The summed E-state index contributed by atoms with van der Waals surface area (Å²) in [5.41, 5.74) is 4.61. The molecule has 206 valence electrons. The number of pyridine rings is 1. The van der Waals surface area contributed by atoms with Gasteiger partial charge in [-0.05, 0) is 64.4 Å². The van der Waals surface area contributed by atoms with Crippen LogP contribution in [0.15, 0.2) is 42.9 Å². The summed E-state index contributed by atoms with van der Waals surface area (Å²) in [7, 11) is 4.35. The molecular weight excluding hydrogens is 474 g/mol. The maximum atomic E-state index is 12.6. The number of unbranched alkanes of at least 4 members (excludes halogenated alkanes) is 1. The molecule has 0 aromatic carbocycles. The fourth-order valence-corrected chi connectivity index (χ4v) is 5.45. The molecule has 0 radical (unpaired) electrons. The molecule has 2 aliphatic rings. The molecule has 2 aromatic rings. The van der Waals surface area contributed by atoms with Crippen molar-refractivity contribution in [1.29, 1.82) is 0 Å². The summed E-state index contributed by atoms with van der Waals surface area (Å²) >= 11 is 0. The molecule has 1 aliphatic carbocycles. The molecule has 0 saturated carbocycles. The molecule has 8 heteroatoms. The van der Waals surface area contributed by atoms with Crippen LogP contribution in [-0.2, 0) is 24.3 Å². The molecule has 38 heavy (non-hydrogen) atoms. The van der Waals surface area contributed by atoms with Gasteiger partial charge in [-0.25, -0.2) is 4.98 Å². The van der Waals surface area contributed by atoms with E-state index in [4.69, 9.17) is 9.97 Å². The summed E-state index contributed by atoms with van der Waals surface area (Å²) in [5.74, 6) is 1.21. The first-order valence-electron chi connectivity index (χ1n) is 14.2. The van der Waals surface area contributed by atoms with E-state index in [0.717, 1.165) is 69.1 Å². The lowest BCUT2D eigenvalue weighted by molar-refractivity contribution is -0.121. The van der Waals surface area contributed by atoms with Crippen LogP contribution in [0.1, 0.15) is 74.6 Å². The predicted molar refractivity (Wildman–Crippen MR) is 153 cm³/mol. The zero-order chi connectivity index (χ0) is 26.9. The molecule has 1 N–H and O–H groups in total. The van der Waals surface area contributed by atoms with Gasteiger partial charge in [-0.15, -0.1) is 0 Å². The molecule has 2 aromatic heterocycles. The quantitative estimate of drug-likeness (QED) is 0.449. The van der Waals surface area contributed by atoms with Crippen molar-refractivity contribution in [2.45, 2.75) is 71.5 Å². The third-order valence-corrected chi connectivity index (χ3v) is 7.77. The Balaban J connectivity index is 1.63. The van der Waals surface area contributed by atoms with Crippen molar-refractivity contribution in [2.24, 2.45) is 0 Å². The van der Waals surface area contributed by atoms with Crippen molar-refractivity contribution in [3.63, 3.8) is 0 Å². The Morgan fingerprint density at radius 2 is 2.05 bits per heavy atom. The van der Waals surface area contributed by atoms with Crippen LogP contribution < -0.4 is 5.32 Å². The van der Waals surface area contributed by atoms with E-state index in [1.165, 1.54) is 17.7 Å². The van der Waals surface area contributed by atoms with E-state index in [2.05, 4.69) is 69.9 Å². The predicted octanol–water partition coefficient (Wildman–Crippen LogP) is 4.22. The smallest absolute Gasteiger partial charge is 0.220 e. The Morgan fingerprint density at radius 1 is 1.24 bits per heavy atom. The normalized spacial score (nSPS) is 18.8. The first kappa shape index (κ1) is 28.0. The highest BCUT2D eigenvalue weighted by atomic mass is 16.1. The van der Waals surface area contributed by atoms with E-state index >= 15 is 0 Å². The average molecular weight is 520 g/mol. The number of fused-ring (bicyclic) bond motifs is 1. The summed E-state index contributed by atoms with van der Waals surface area (Å²) in [4.78, 5) is 29.5. The van der Waals surface area contributed by atoms with E-state index in [1.54, 1.807) is 0 Å². The molecule has 8 nitrogen and oxygen atoms in total. The van der Waals surface area contributed by atoms with E-state index in [0.29, 0.717) is 19.5 Å². The molecule has 1 saturated heterocycles. The number of nitrogens with one attached hydrogen (secondary N) is 1. The van der Waals surface area contributed by atoms with Gasteiger partial charge >= 0.3 is 0 Å². The number of piperazine rings is 1. The number of aryl methyl sites for hydroxylation is 1. The molecule has 0 spiro atoms. The van der Waals surface area contributed by atoms with Crippen LogP contribution in [-0.4, -0.2) is 75.4 Å². The second-order valence-electron chi connectivity index (χ2n) is 10.6. The minimum atomic E-state index is 0.0999. The van der Waals surface area contributed by atoms with E-state index in [-0.39, 0.29) is 11.9 Å². The second kappa shape index (κ2) is 13.7. The van der Waals surface area contributed by atoms with Gasteiger partial charge in [0, 0.05) is 45.3 Å². The lowest BCUT2D eigenvalue weighted by Gasteiger charge is -2.36. The van der Waals surface area contributed by atoms with Gasteiger partial charge in [0.1, 0.15) is 12.1 Å². The van der Waals surface area contributed by atoms with E-state index < -0.39 is 0 Å². The molecule has 3 heterocycles. The Morgan fingerprint density at radius 3 is 2.82 bits per heavy atom. The largest absolute Gasteiger partial charge is 0.355 e. The van der Waals surface area contributed by atoms with Crippen molar-refractivity contribution in [3.05, 3.63) is 65.5 Å². The number of aromatic nitrogens is 3. The first-order valence-corrected chi connectivity index (χ1v) is 14.2. The van der Waals surface area contributed by atoms with E-state index in [9.17, 15) is 4.79 Å². The monoisotopic (exact) mass is 519 g/mol. The van der Waals surface area contributed by atoms with Crippen molar-refractivity contribution < 1.29 is 4.79 Å². The Bertz CT molecular complexity index is 1110. The number of nitrogens with zero attached hydrogens (tertiary/aromatic N) is 6. The van der Waals surface area contributed by atoms with Crippen molar-refractivity contribution in [2.75, 3.05) is 40.3 Å². The van der Waals surface area contributed by atoms with Gasteiger partial charge in [0.05, 0.1) is 29.7 Å². The number of hydrogen-bond donors (Lipinski definition) is 1. The highest BCUT2D eigenvalue weighted by molar-refractivity contribution is 5.75. The molecular formula is C30H45N7O. The van der Waals surface area contributed by atoms with Crippen molar-refractivity contribution >= 4 is 11.7 Å². The average Bonchev–Trinajstić information content (AvgIpc) is 3.33. The Hall–Kier alpha value is -2.97. The summed E-state index contributed by atoms with van der Waals surface area (Å²) in [6.07, 6.45) is 16.0. The van der Waals surface area contributed by atoms with Crippen LogP contribution in [0, 0.1) is 0 Å². The van der Waals surface area contributed by atoms with Gasteiger partial charge in [-0.1, -0.05) is 31.6 Å². The van der Waals surface area contributed by atoms with Gasteiger partial charge < -0.3 is 15.1 Å². The maximum absolute atomic E-state index is 12.6. The van der Waals surface area contributed by atoms with Crippen LogP contribution in [0.2, 0.25) is 0 Å². The van der Waals surface area contributed by atoms with Crippen LogP contribution in [0.4, 0.5) is 0 Å². The van der Waals surface area contributed by atoms with Crippen LogP contribution in [0.25, 0.3) is 5.82 Å². The fourth-order valence-electron chi connectivity index (χ4n) is 5.45. The lowest BCUT2D eigenvalue weighted by Crippen LogP contribution is -2.44. The zero-order valence-electron chi connectivity index (χ0n) is 23.7. The SMILES string of the molecule is C/C=C\C=C(\N1CCN(C)CC1)n1cnc(CN(C)[C@H]2CCCc3cccnc32)c1CNC(=O)CCCC. The zero-order valence-corrected chi connectivity index (χ0v) is 23.7. The van der Waals surface area contributed by atoms with E-state index in [1.807, 2.05) is 25.5 Å². The molecule has 1 amide bonds. The number of likely N-dealkylation sites (N-methyl/N-ethyl adjacent to an activating group) is 1. The number of carbonyl (C=O) groups is 1. The van der Waals surface area contributed by atoms with Crippen LogP contribution >= 0.6 is 0 Å². The number of hydrogen-bond acceptors (Lipinski definition) is 6. The topological polar surface area (TPSA) is 69.5 Å². The summed E-state index contributed by atoms with van der Waals surface area (Å²) < 4.78 is 2.20. The summed E-state index contributed by atoms with van der Waals surface area (Å²) in [6, 6.07) is 4.52. The Labute approximate surface area is 228 Å². The molecule has 0 bridgehead atoms. The number of allylic oxidation sites excluding steroid dienone is 3. The number of rotatable bonds is 11. The second-order valence-corrected chi connectivity index (χ2v) is 10.6. The van der Waals surface area contributed by atoms with Gasteiger partial charge in [-0.2, -0.15) is 0 Å². The van der Waals surface area contributed by atoms with Crippen LogP contribution in [0.5, 0.6) is 0 Å². The van der Waals surface area contributed by atoms with Crippen LogP contribution in [0.3, 0.4) is 0 Å². The standard InChI is InChI=1S/C30H45N7O/c1-5-7-14-28(38)32-21-27-25(22-35(4)26-13-9-11-24-12-10-16-31-30(24)26)33-23-37(27)29(15-8-6-2)36-19-17-34(3)18-20-36/h6,8,10,12,15-16,23,26H,5,7,9,11,13-14,17-22H2,1-4H3,(H,32,38)/b8-6-,29-15-/t26-/m0/s1. The third-order valence-electron chi connectivity index (χ3n) is 7.77. The summed E-state index contributed by atoms with van der Waals surface area (Å²) in [6.45, 7) is 9.28. The molecule has 1 atom stereocenters. The molecule has 1 fully saturated rings. The minimum absolute atomic E-state index is 0.0999. The van der Waals surface area contributed by atoms with Gasteiger partial charge in [0.15, 0.2) is 0 Å². The lowest BCUT2D eigenvalue weighted by atomic mass is 9.91.